The van der Waals surface area contributed by atoms with E-state index in [1.165, 1.54) is 24.0 Å². The first-order chi connectivity index (χ1) is 14.9. The van der Waals surface area contributed by atoms with E-state index >= 15 is 0 Å². The number of rotatable bonds is 4. The zero-order valence-electron chi connectivity index (χ0n) is 17.0. The Kier molecular flexibility index (Phi) is 7.37. The lowest BCUT2D eigenvalue weighted by atomic mass is 9.99. The zero-order valence-corrected chi connectivity index (χ0v) is 18.6. The molecule has 1 aromatic carbocycles. The summed E-state index contributed by atoms with van der Waals surface area (Å²) in [5.74, 6) is -2.02. The number of hydrogen-bond acceptors (Lipinski definition) is 5. The van der Waals surface area contributed by atoms with E-state index in [0.29, 0.717) is 23.1 Å². The van der Waals surface area contributed by atoms with E-state index in [2.05, 4.69) is 25.2 Å². The Morgan fingerprint density at radius 2 is 1.84 bits per heavy atom. The van der Waals surface area contributed by atoms with Crippen LogP contribution in [0.25, 0.3) is 5.57 Å². The van der Waals surface area contributed by atoms with Crippen molar-refractivity contribution in [3.05, 3.63) is 82.4 Å². The van der Waals surface area contributed by atoms with Gasteiger partial charge in [0.05, 0.1) is 23.1 Å². The van der Waals surface area contributed by atoms with Crippen molar-refractivity contribution in [3.8, 4) is 0 Å². The van der Waals surface area contributed by atoms with Crippen molar-refractivity contribution in [3.63, 3.8) is 0 Å². The minimum absolute atomic E-state index is 0. The third-order valence-corrected chi connectivity index (χ3v) is 5.35. The number of aromatic nitrogens is 3. The van der Waals surface area contributed by atoms with Crippen LogP contribution in [-0.4, -0.2) is 33.9 Å². The molecule has 3 aromatic rings. The molecule has 0 saturated carbocycles. The maximum Gasteiger partial charge on any atom is 0.262 e. The minimum atomic E-state index is -0.946. The molecule has 1 aliphatic heterocycles. The highest BCUT2D eigenvalue weighted by Crippen LogP contribution is 2.31. The van der Waals surface area contributed by atoms with Crippen LogP contribution in [0.15, 0.2) is 54.5 Å². The molecule has 0 radical (unpaired) electrons. The minimum Gasteiger partial charge on any atom is -0.351 e. The van der Waals surface area contributed by atoms with Crippen molar-refractivity contribution in [2.24, 2.45) is 0 Å². The number of nitrogens with one attached hydrogen (secondary N) is 1. The highest BCUT2D eigenvalue weighted by molar-refractivity contribution is 6.32. The van der Waals surface area contributed by atoms with E-state index in [1.807, 2.05) is 6.92 Å². The second-order valence-electron chi connectivity index (χ2n) is 7.08. The summed E-state index contributed by atoms with van der Waals surface area (Å²) in [6, 6.07) is 6.81. The molecule has 1 amide bonds. The van der Waals surface area contributed by atoms with Crippen LogP contribution < -0.4 is 10.2 Å². The molecule has 4 rings (SSSR count). The van der Waals surface area contributed by atoms with Gasteiger partial charge in [-0.15, -0.1) is 12.4 Å². The summed E-state index contributed by atoms with van der Waals surface area (Å²) in [4.78, 5) is 27.3. The second-order valence-corrected chi connectivity index (χ2v) is 7.48. The summed E-state index contributed by atoms with van der Waals surface area (Å²) >= 11 is 6.29. The topological polar surface area (TPSA) is 71.0 Å². The Labute approximate surface area is 194 Å². The number of carbonyl (C=O) groups is 1. The van der Waals surface area contributed by atoms with Gasteiger partial charge in [0, 0.05) is 19.3 Å². The van der Waals surface area contributed by atoms with Crippen molar-refractivity contribution in [2.75, 3.05) is 23.3 Å². The molecule has 166 valence electrons. The van der Waals surface area contributed by atoms with Gasteiger partial charge in [0.15, 0.2) is 5.82 Å². The van der Waals surface area contributed by atoms with Crippen molar-refractivity contribution in [1.29, 1.82) is 0 Å². The molecule has 2 aromatic heterocycles. The SMILES string of the molecule is CC1=C(c2cnc(NC(=O)c3c(F)cccc3F)cn2)CN(c2ncccc2Cl)CC1.Cl. The quantitative estimate of drug-likeness (QED) is 0.561. The molecule has 0 aliphatic carbocycles. The molecule has 32 heavy (non-hydrogen) atoms. The average Bonchev–Trinajstić information content (AvgIpc) is 2.75. The van der Waals surface area contributed by atoms with Crippen molar-refractivity contribution in [1.82, 2.24) is 15.0 Å². The van der Waals surface area contributed by atoms with Crippen LogP contribution in [0.4, 0.5) is 20.4 Å². The van der Waals surface area contributed by atoms with Crippen LogP contribution in [0.5, 0.6) is 0 Å². The van der Waals surface area contributed by atoms with Crippen molar-refractivity contribution in [2.45, 2.75) is 13.3 Å². The van der Waals surface area contributed by atoms with E-state index in [0.717, 1.165) is 30.7 Å². The van der Waals surface area contributed by atoms with E-state index in [1.54, 1.807) is 18.3 Å². The molecular formula is C22H19Cl2F2N5O. The summed E-state index contributed by atoms with van der Waals surface area (Å²) < 4.78 is 27.6. The highest BCUT2D eigenvalue weighted by Gasteiger charge is 2.22. The van der Waals surface area contributed by atoms with Crippen LogP contribution in [0, 0.1) is 11.6 Å². The van der Waals surface area contributed by atoms with Gasteiger partial charge < -0.3 is 10.2 Å². The fourth-order valence-corrected chi connectivity index (χ4v) is 3.63. The normalized spacial score (nSPS) is 13.6. The standard InChI is InChI=1S/C22H18ClF2N5O.ClH/c1-13-7-9-30(21-15(23)4-3-8-26-21)12-14(13)18-10-28-19(11-27-18)29-22(31)20-16(24)5-2-6-17(20)25;/h2-6,8,10-11H,7,9,12H2,1H3,(H,28,29,31);1H. The Balaban J connectivity index is 0.00000289. The number of anilines is 2. The molecule has 3 heterocycles. The number of carbonyl (C=O) groups excluding carboxylic acids is 1. The molecule has 6 nitrogen and oxygen atoms in total. The van der Waals surface area contributed by atoms with Gasteiger partial charge in [-0.25, -0.2) is 18.7 Å². The fourth-order valence-electron chi connectivity index (χ4n) is 3.39. The first kappa shape index (κ1) is 23.6. The van der Waals surface area contributed by atoms with Gasteiger partial charge in [0.25, 0.3) is 5.91 Å². The van der Waals surface area contributed by atoms with E-state index in [-0.39, 0.29) is 18.2 Å². The van der Waals surface area contributed by atoms with Crippen LogP contribution in [-0.2, 0) is 0 Å². The van der Waals surface area contributed by atoms with Crippen molar-refractivity contribution >= 4 is 47.1 Å². The molecule has 0 spiro atoms. The van der Waals surface area contributed by atoms with Crippen molar-refractivity contribution < 1.29 is 13.6 Å². The number of hydrogen-bond donors (Lipinski definition) is 1. The van der Waals surface area contributed by atoms with Gasteiger partial charge in [-0.1, -0.05) is 23.2 Å². The first-order valence-electron chi connectivity index (χ1n) is 9.56. The van der Waals surface area contributed by atoms with Crippen LogP contribution in [0.2, 0.25) is 5.02 Å². The highest BCUT2D eigenvalue weighted by atomic mass is 35.5. The van der Waals surface area contributed by atoms with Gasteiger partial charge in [0.2, 0.25) is 0 Å². The fraction of sp³-hybridized carbons (Fsp3) is 0.182. The van der Waals surface area contributed by atoms with Gasteiger partial charge in [0.1, 0.15) is 23.0 Å². The maximum atomic E-state index is 13.8. The zero-order chi connectivity index (χ0) is 22.0. The molecule has 10 heteroatoms. The summed E-state index contributed by atoms with van der Waals surface area (Å²) in [6.45, 7) is 3.37. The summed E-state index contributed by atoms with van der Waals surface area (Å²) in [5.41, 5.74) is 2.13. The lowest BCUT2D eigenvalue weighted by Crippen LogP contribution is -2.32. The Hall–Kier alpha value is -3.10. The Morgan fingerprint density at radius 3 is 2.50 bits per heavy atom. The molecule has 0 saturated heterocycles. The van der Waals surface area contributed by atoms with Crippen LogP contribution in [0.3, 0.4) is 0 Å². The molecule has 0 unspecified atom stereocenters. The number of amides is 1. The average molecular weight is 478 g/mol. The third-order valence-electron chi connectivity index (χ3n) is 5.05. The molecule has 0 fully saturated rings. The van der Waals surface area contributed by atoms with Crippen LogP contribution in [0.1, 0.15) is 29.4 Å². The van der Waals surface area contributed by atoms with Gasteiger partial charge in [-0.05, 0) is 43.2 Å². The smallest absolute Gasteiger partial charge is 0.262 e. The van der Waals surface area contributed by atoms with E-state index < -0.39 is 23.1 Å². The summed E-state index contributed by atoms with van der Waals surface area (Å²) in [6.07, 6.45) is 5.39. The third kappa shape index (κ3) is 4.87. The summed E-state index contributed by atoms with van der Waals surface area (Å²) in [5, 5.41) is 2.95. The molecule has 1 N–H and O–H groups in total. The molecular weight excluding hydrogens is 459 g/mol. The largest absolute Gasteiger partial charge is 0.351 e. The number of nitrogens with zero attached hydrogens (tertiary/aromatic N) is 4. The monoisotopic (exact) mass is 477 g/mol. The Bertz CT molecular complexity index is 1150. The van der Waals surface area contributed by atoms with Gasteiger partial charge >= 0.3 is 0 Å². The molecule has 1 aliphatic rings. The van der Waals surface area contributed by atoms with Crippen LogP contribution >= 0.6 is 24.0 Å². The number of halogens is 4. The first-order valence-corrected chi connectivity index (χ1v) is 9.93. The van der Waals surface area contributed by atoms with Gasteiger partial charge in [-0.3, -0.25) is 9.78 Å². The summed E-state index contributed by atoms with van der Waals surface area (Å²) in [7, 11) is 0. The lowest BCUT2D eigenvalue weighted by molar-refractivity contribution is 0.101. The molecule has 0 bridgehead atoms. The van der Waals surface area contributed by atoms with Gasteiger partial charge in [-0.2, -0.15) is 0 Å². The number of benzene rings is 1. The maximum absolute atomic E-state index is 13.8. The Morgan fingerprint density at radius 1 is 1.09 bits per heavy atom. The lowest BCUT2D eigenvalue weighted by Gasteiger charge is -2.31. The van der Waals surface area contributed by atoms with E-state index in [4.69, 9.17) is 11.6 Å². The predicted molar refractivity (Wildman–Crippen MR) is 122 cm³/mol. The predicted octanol–water partition coefficient (Wildman–Crippen LogP) is 5.16. The molecule has 0 atom stereocenters. The van der Waals surface area contributed by atoms with E-state index in [9.17, 15) is 13.6 Å². The second kappa shape index (κ2) is 10.0. The number of pyridine rings is 1.